The summed E-state index contributed by atoms with van der Waals surface area (Å²) in [5.74, 6) is -1.74. The van der Waals surface area contributed by atoms with Crippen molar-refractivity contribution in [2.24, 2.45) is 11.8 Å². The molecule has 2 amide bonds. The fourth-order valence-corrected chi connectivity index (χ4v) is 8.58. The third-order valence-electron chi connectivity index (χ3n) is 5.57. The molecule has 0 radical (unpaired) electrons. The predicted molar refractivity (Wildman–Crippen MR) is 97.3 cm³/mol. The van der Waals surface area contributed by atoms with Crippen LogP contribution in [-0.4, -0.2) is 43.0 Å². The summed E-state index contributed by atoms with van der Waals surface area (Å²) in [7, 11) is -1.64. The number of fused-ring (bicyclic) bond motifs is 5. The molecule has 0 N–H and O–H groups in total. The van der Waals surface area contributed by atoms with Crippen LogP contribution in [0.25, 0.3) is 0 Å². The summed E-state index contributed by atoms with van der Waals surface area (Å²) in [4.78, 5) is 27.4. The molecule has 2 fully saturated rings. The maximum absolute atomic E-state index is 13.7. The van der Waals surface area contributed by atoms with Crippen LogP contribution in [0.1, 0.15) is 13.8 Å². The van der Waals surface area contributed by atoms with Crippen LogP contribution in [-0.2, 0) is 23.4 Å². The highest BCUT2D eigenvalue weighted by molar-refractivity contribution is 7.62. The number of benzene rings is 1. The molecule has 2 saturated heterocycles. The zero-order chi connectivity index (χ0) is 18.6. The number of para-hydroxylation sites is 1. The molecule has 0 aliphatic carbocycles. The number of hydrogen-bond donors (Lipinski definition) is 0. The van der Waals surface area contributed by atoms with E-state index in [1.165, 1.54) is 4.90 Å². The van der Waals surface area contributed by atoms with E-state index in [0.29, 0.717) is 12.3 Å². The standard InChI is InChI=1S/C19H22NO5P/c1-11-9-14-15-16(17(11)26(14,23)25-12(2)10-24-3)19(22)20(18(15)21)13-7-5-4-6-8-13/h4-9,12,14-17H,10H2,1-3H3/t12-,14-,15+,16+,17-,26?/m0/s1. The van der Waals surface area contributed by atoms with Gasteiger partial charge in [0.25, 0.3) is 0 Å². The first-order valence-corrected chi connectivity index (χ1v) is 10.5. The highest BCUT2D eigenvalue weighted by atomic mass is 31.2. The fourth-order valence-electron chi connectivity index (χ4n) is 4.69. The number of nitrogens with zero attached hydrogens (tertiary/aromatic N) is 1. The summed E-state index contributed by atoms with van der Waals surface area (Å²) in [6.07, 6.45) is 1.52. The Labute approximate surface area is 152 Å². The molecular weight excluding hydrogens is 353 g/mol. The zero-order valence-corrected chi connectivity index (χ0v) is 15.9. The van der Waals surface area contributed by atoms with Crippen molar-refractivity contribution in [1.29, 1.82) is 0 Å². The van der Waals surface area contributed by atoms with Gasteiger partial charge in [-0.3, -0.25) is 14.2 Å². The van der Waals surface area contributed by atoms with Gasteiger partial charge in [-0.15, -0.1) is 0 Å². The van der Waals surface area contributed by atoms with Crippen LogP contribution in [0.3, 0.4) is 0 Å². The predicted octanol–water partition coefficient (Wildman–Crippen LogP) is 2.83. The van der Waals surface area contributed by atoms with Crippen LogP contribution >= 0.6 is 7.37 Å². The van der Waals surface area contributed by atoms with Crippen LogP contribution in [0, 0.1) is 11.8 Å². The van der Waals surface area contributed by atoms with Gasteiger partial charge in [0, 0.05) is 7.11 Å². The molecule has 7 heteroatoms. The maximum Gasteiger partial charge on any atom is 0.238 e. The van der Waals surface area contributed by atoms with Crippen molar-refractivity contribution in [2.45, 2.75) is 31.3 Å². The molecule has 6 nitrogen and oxygen atoms in total. The molecule has 138 valence electrons. The van der Waals surface area contributed by atoms with Gasteiger partial charge in [0.1, 0.15) is 0 Å². The molecule has 0 spiro atoms. The zero-order valence-electron chi connectivity index (χ0n) is 15.0. The van der Waals surface area contributed by atoms with Gasteiger partial charge >= 0.3 is 0 Å². The summed E-state index contributed by atoms with van der Waals surface area (Å²) in [5.41, 5.74) is 0.418. The monoisotopic (exact) mass is 375 g/mol. The Morgan fingerprint density at radius 1 is 1.15 bits per heavy atom. The number of amides is 2. The van der Waals surface area contributed by atoms with Gasteiger partial charge < -0.3 is 9.26 Å². The molecule has 6 atom stereocenters. The number of anilines is 1. The first kappa shape index (κ1) is 17.7. The van der Waals surface area contributed by atoms with E-state index in [-0.39, 0.29) is 17.9 Å². The quantitative estimate of drug-likeness (QED) is 0.450. The van der Waals surface area contributed by atoms with Crippen molar-refractivity contribution in [3.63, 3.8) is 0 Å². The van der Waals surface area contributed by atoms with Gasteiger partial charge in [0.15, 0.2) is 0 Å². The lowest BCUT2D eigenvalue weighted by molar-refractivity contribution is -0.122. The van der Waals surface area contributed by atoms with Crippen LogP contribution in [0.2, 0.25) is 0 Å². The molecule has 1 unspecified atom stereocenters. The lowest BCUT2D eigenvalue weighted by Crippen LogP contribution is -2.34. The van der Waals surface area contributed by atoms with Gasteiger partial charge in [-0.05, 0) is 26.0 Å². The first-order chi connectivity index (χ1) is 12.4. The highest BCUT2D eigenvalue weighted by Crippen LogP contribution is 2.75. The van der Waals surface area contributed by atoms with Crippen molar-refractivity contribution in [1.82, 2.24) is 0 Å². The second-order valence-electron chi connectivity index (χ2n) is 7.26. The van der Waals surface area contributed by atoms with E-state index in [9.17, 15) is 14.2 Å². The molecule has 3 aliphatic heterocycles. The Balaban J connectivity index is 1.70. The molecule has 1 aromatic rings. The van der Waals surface area contributed by atoms with E-state index in [0.717, 1.165) is 5.57 Å². The molecule has 26 heavy (non-hydrogen) atoms. The van der Waals surface area contributed by atoms with Gasteiger partial charge in [-0.2, -0.15) is 0 Å². The molecule has 0 saturated carbocycles. The van der Waals surface area contributed by atoms with Crippen molar-refractivity contribution in [3.05, 3.63) is 42.0 Å². The number of methoxy groups -OCH3 is 1. The Kier molecular flexibility index (Phi) is 4.18. The Hall–Kier alpha value is -1.75. The average Bonchev–Trinajstić information content (AvgIpc) is 3.10. The van der Waals surface area contributed by atoms with Crippen molar-refractivity contribution < 1.29 is 23.4 Å². The van der Waals surface area contributed by atoms with Gasteiger partial charge in [0.05, 0.1) is 41.6 Å². The number of hydrogen-bond acceptors (Lipinski definition) is 5. The minimum atomic E-state index is -3.19. The number of imide groups is 1. The first-order valence-electron chi connectivity index (χ1n) is 8.78. The van der Waals surface area contributed by atoms with Gasteiger partial charge in [-0.1, -0.05) is 29.8 Å². The molecule has 2 bridgehead atoms. The van der Waals surface area contributed by atoms with Gasteiger partial charge in [0.2, 0.25) is 19.2 Å². The SMILES string of the molecule is COC[C@H](C)OP1(=O)[C@H]2C=C(C)[C@H]1[C@@H]1C(=O)N(c3ccccc3)C(=O)[C@@H]12. The van der Waals surface area contributed by atoms with Crippen LogP contribution in [0.4, 0.5) is 5.69 Å². The summed E-state index contributed by atoms with van der Waals surface area (Å²) < 4.78 is 24.7. The summed E-state index contributed by atoms with van der Waals surface area (Å²) in [5, 5.41) is 0. The lowest BCUT2D eigenvalue weighted by atomic mass is 9.82. The van der Waals surface area contributed by atoms with Crippen molar-refractivity contribution >= 4 is 24.9 Å². The third-order valence-corrected chi connectivity index (χ3v) is 9.06. The third kappa shape index (κ3) is 2.29. The summed E-state index contributed by atoms with van der Waals surface area (Å²) in [6.45, 7) is 3.99. The Morgan fingerprint density at radius 3 is 2.46 bits per heavy atom. The average molecular weight is 375 g/mol. The maximum atomic E-state index is 13.7. The second kappa shape index (κ2) is 6.15. The largest absolute Gasteiger partial charge is 0.382 e. The normalized spacial score (nSPS) is 36.4. The van der Waals surface area contributed by atoms with Crippen LogP contribution in [0.5, 0.6) is 0 Å². The number of allylic oxidation sites excluding steroid dienone is 2. The minimum Gasteiger partial charge on any atom is -0.382 e. The molecule has 0 aromatic heterocycles. The molecule has 3 heterocycles. The summed E-state index contributed by atoms with van der Waals surface area (Å²) >= 11 is 0. The van der Waals surface area contributed by atoms with Crippen LogP contribution in [0.15, 0.2) is 42.0 Å². The van der Waals surface area contributed by atoms with Gasteiger partial charge in [-0.25, -0.2) is 4.90 Å². The fraction of sp³-hybridized carbons (Fsp3) is 0.474. The number of carbonyl (C=O) groups is 2. The Morgan fingerprint density at radius 2 is 1.81 bits per heavy atom. The van der Waals surface area contributed by atoms with E-state index in [4.69, 9.17) is 9.26 Å². The molecule has 3 aliphatic rings. The van der Waals surface area contributed by atoms with E-state index < -0.39 is 30.5 Å². The molecule has 4 rings (SSSR count). The smallest absolute Gasteiger partial charge is 0.238 e. The van der Waals surface area contributed by atoms with E-state index in [1.807, 2.05) is 19.1 Å². The van der Waals surface area contributed by atoms with E-state index >= 15 is 0 Å². The molecular formula is C19H22NO5P. The highest BCUT2D eigenvalue weighted by Gasteiger charge is 2.71. The van der Waals surface area contributed by atoms with E-state index in [2.05, 4.69) is 0 Å². The second-order valence-corrected chi connectivity index (χ2v) is 9.92. The van der Waals surface area contributed by atoms with Crippen molar-refractivity contribution in [2.75, 3.05) is 18.6 Å². The lowest BCUT2D eigenvalue weighted by Gasteiger charge is -2.26. The number of ether oxygens (including phenoxy) is 1. The number of rotatable bonds is 5. The van der Waals surface area contributed by atoms with Crippen LogP contribution < -0.4 is 4.90 Å². The number of carbonyl (C=O) groups excluding carboxylic acids is 2. The minimum absolute atomic E-state index is 0.269. The topological polar surface area (TPSA) is 72.9 Å². The summed E-state index contributed by atoms with van der Waals surface area (Å²) in [6, 6.07) is 8.92. The van der Waals surface area contributed by atoms with E-state index in [1.54, 1.807) is 38.3 Å². The Bertz CT molecular complexity index is 836. The molecule has 1 aromatic carbocycles. The van der Waals surface area contributed by atoms with Crippen molar-refractivity contribution in [3.8, 4) is 0 Å².